The molecule has 0 amide bonds. The van der Waals surface area contributed by atoms with Crippen LogP contribution in [0.1, 0.15) is 5.56 Å². The lowest BCUT2D eigenvalue weighted by Crippen LogP contribution is -1.94. The maximum Gasteiger partial charge on any atom is 0.159 e. The van der Waals surface area contributed by atoms with Gasteiger partial charge in [0.25, 0.3) is 0 Å². The Morgan fingerprint density at radius 1 is 1.50 bits per heavy atom. The molecule has 1 atom stereocenters. The first-order valence-electron chi connectivity index (χ1n) is 3.21. The number of fused-ring (bicyclic) bond motifs is 1. The second kappa shape index (κ2) is 2.60. The van der Waals surface area contributed by atoms with E-state index in [0.29, 0.717) is 16.9 Å². The molecule has 0 radical (unpaired) electrons. The van der Waals surface area contributed by atoms with Crippen LogP contribution in [0.15, 0.2) is 22.5 Å². The second-order valence-corrected chi connectivity index (χ2v) is 3.61. The minimum atomic E-state index is -1.39. The SMILES string of the molecule is O=CC1=Cc2cncnc2S1=O. The third-order valence-corrected chi connectivity index (χ3v) is 2.84. The Labute approximate surface area is 70.8 Å². The van der Waals surface area contributed by atoms with Crippen LogP contribution in [-0.4, -0.2) is 20.5 Å². The van der Waals surface area contributed by atoms with E-state index in [4.69, 9.17) is 0 Å². The van der Waals surface area contributed by atoms with Gasteiger partial charge in [0.1, 0.15) is 22.2 Å². The molecule has 2 rings (SSSR count). The zero-order chi connectivity index (χ0) is 8.55. The Bertz CT molecular complexity index is 400. The highest BCUT2D eigenvalue weighted by Gasteiger charge is 2.21. The zero-order valence-corrected chi connectivity index (χ0v) is 6.75. The Balaban J connectivity index is 2.61. The average Bonchev–Trinajstić information content (AvgIpc) is 2.44. The van der Waals surface area contributed by atoms with Crippen molar-refractivity contribution in [3.63, 3.8) is 0 Å². The lowest BCUT2D eigenvalue weighted by Gasteiger charge is -1.92. The minimum absolute atomic E-state index is 0.255. The first-order chi connectivity index (χ1) is 5.83. The van der Waals surface area contributed by atoms with Gasteiger partial charge in [-0.05, 0) is 6.08 Å². The molecule has 0 aromatic carbocycles. The van der Waals surface area contributed by atoms with Crippen LogP contribution in [0.5, 0.6) is 0 Å². The molecule has 0 aliphatic carbocycles. The van der Waals surface area contributed by atoms with E-state index < -0.39 is 10.8 Å². The number of hydrogen-bond acceptors (Lipinski definition) is 4. The third-order valence-electron chi connectivity index (χ3n) is 1.51. The van der Waals surface area contributed by atoms with Crippen molar-refractivity contribution in [2.24, 2.45) is 0 Å². The van der Waals surface area contributed by atoms with Crippen molar-refractivity contribution >= 4 is 23.2 Å². The molecule has 0 saturated heterocycles. The van der Waals surface area contributed by atoms with Crippen molar-refractivity contribution in [3.8, 4) is 0 Å². The molecular weight excluding hydrogens is 176 g/mol. The number of carbonyl (C=O) groups is 1. The van der Waals surface area contributed by atoms with Crippen LogP contribution in [0.4, 0.5) is 0 Å². The largest absolute Gasteiger partial charge is 0.297 e. The second-order valence-electron chi connectivity index (χ2n) is 2.22. The number of aldehydes is 1. The highest BCUT2D eigenvalue weighted by atomic mass is 32.2. The molecule has 0 bridgehead atoms. The molecule has 1 aliphatic heterocycles. The fourth-order valence-corrected chi connectivity index (χ4v) is 1.99. The standard InChI is InChI=1S/C7H4N2O2S/c10-3-6-1-5-2-8-4-9-7(5)12(6)11/h1-4H. The molecule has 12 heavy (non-hydrogen) atoms. The van der Waals surface area contributed by atoms with Gasteiger partial charge < -0.3 is 0 Å². The summed E-state index contributed by atoms with van der Waals surface area (Å²) in [5, 5.41) is 0.423. The summed E-state index contributed by atoms with van der Waals surface area (Å²) in [6.07, 6.45) is 4.98. The number of hydrogen-bond donors (Lipinski definition) is 0. The maximum atomic E-state index is 11.3. The number of aromatic nitrogens is 2. The molecule has 0 fully saturated rings. The summed E-state index contributed by atoms with van der Waals surface area (Å²) < 4.78 is 11.3. The molecule has 4 nitrogen and oxygen atoms in total. The minimum Gasteiger partial charge on any atom is -0.297 e. The predicted molar refractivity (Wildman–Crippen MR) is 42.5 cm³/mol. The first kappa shape index (κ1) is 7.30. The van der Waals surface area contributed by atoms with E-state index in [1.54, 1.807) is 6.08 Å². The van der Waals surface area contributed by atoms with Crippen molar-refractivity contribution in [2.45, 2.75) is 5.03 Å². The van der Waals surface area contributed by atoms with Crippen LogP contribution >= 0.6 is 0 Å². The Kier molecular flexibility index (Phi) is 1.58. The lowest BCUT2D eigenvalue weighted by atomic mass is 10.3. The van der Waals surface area contributed by atoms with Crippen molar-refractivity contribution in [3.05, 3.63) is 23.0 Å². The molecule has 1 unspecified atom stereocenters. The molecule has 0 N–H and O–H groups in total. The van der Waals surface area contributed by atoms with Gasteiger partial charge in [-0.15, -0.1) is 0 Å². The summed E-state index contributed by atoms with van der Waals surface area (Å²) in [5.74, 6) is 0. The molecule has 0 spiro atoms. The molecule has 1 aromatic heterocycles. The van der Waals surface area contributed by atoms with E-state index in [0.717, 1.165) is 0 Å². The third kappa shape index (κ3) is 0.902. The molecular formula is C7H4N2O2S. The quantitative estimate of drug-likeness (QED) is 0.455. The van der Waals surface area contributed by atoms with Gasteiger partial charge in [0.2, 0.25) is 0 Å². The Hall–Kier alpha value is -1.36. The molecule has 0 saturated carbocycles. The first-order valence-corrected chi connectivity index (χ1v) is 4.36. The smallest absolute Gasteiger partial charge is 0.159 e. The van der Waals surface area contributed by atoms with Crippen LogP contribution in [0.3, 0.4) is 0 Å². The molecule has 2 heterocycles. The number of allylic oxidation sites excluding steroid dienone is 1. The molecule has 1 aromatic rings. The zero-order valence-electron chi connectivity index (χ0n) is 5.93. The van der Waals surface area contributed by atoms with Crippen LogP contribution < -0.4 is 0 Å². The summed E-state index contributed by atoms with van der Waals surface area (Å²) in [6, 6.07) is 0. The topological polar surface area (TPSA) is 59.9 Å². The van der Waals surface area contributed by atoms with Gasteiger partial charge in [-0.3, -0.25) is 4.79 Å². The lowest BCUT2D eigenvalue weighted by molar-refractivity contribution is -0.104. The highest BCUT2D eigenvalue weighted by Crippen LogP contribution is 2.24. The monoisotopic (exact) mass is 180 g/mol. The number of nitrogens with zero attached hydrogens (tertiary/aromatic N) is 2. The molecule has 5 heteroatoms. The normalized spacial score (nSPS) is 20.0. The number of rotatable bonds is 1. The van der Waals surface area contributed by atoms with Crippen LogP contribution in [0.25, 0.3) is 6.08 Å². The summed E-state index contributed by atoms with van der Waals surface area (Å²) in [7, 11) is -1.39. The van der Waals surface area contributed by atoms with Gasteiger partial charge >= 0.3 is 0 Å². The fourth-order valence-electron chi connectivity index (χ4n) is 0.979. The van der Waals surface area contributed by atoms with Gasteiger partial charge in [-0.1, -0.05) is 0 Å². The van der Waals surface area contributed by atoms with Crippen LogP contribution in [0.2, 0.25) is 0 Å². The number of carbonyl (C=O) groups excluding carboxylic acids is 1. The van der Waals surface area contributed by atoms with Gasteiger partial charge in [0.05, 0.1) is 4.91 Å². The van der Waals surface area contributed by atoms with E-state index >= 15 is 0 Å². The summed E-state index contributed by atoms with van der Waals surface area (Å²) in [4.78, 5) is 18.2. The summed E-state index contributed by atoms with van der Waals surface area (Å²) in [5.41, 5.74) is 0.665. The fraction of sp³-hybridized carbons (Fsp3) is 0. The van der Waals surface area contributed by atoms with E-state index in [2.05, 4.69) is 9.97 Å². The van der Waals surface area contributed by atoms with Gasteiger partial charge in [0, 0.05) is 11.8 Å². The van der Waals surface area contributed by atoms with E-state index in [-0.39, 0.29) is 4.91 Å². The Morgan fingerprint density at radius 2 is 2.33 bits per heavy atom. The van der Waals surface area contributed by atoms with Crippen LogP contribution in [0, 0.1) is 0 Å². The van der Waals surface area contributed by atoms with Crippen molar-refractivity contribution in [2.75, 3.05) is 0 Å². The van der Waals surface area contributed by atoms with Gasteiger partial charge in [-0.2, -0.15) is 0 Å². The van der Waals surface area contributed by atoms with E-state index in [9.17, 15) is 9.00 Å². The Morgan fingerprint density at radius 3 is 3.00 bits per heavy atom. The molecule has 60 valence electrons. The van der Waals surface area contributed by atoms with Gasteiger partial charge in [0.15, 0.2) is 6.29 Å². The van der Waals surface area contributed by atoms with Crippen molar-refractivity contribution < 1.29 is 9.00 Å². The summed E-state index contributed by atoms with van der Waals surface area (Å²) >= 11 is 0. The molecule has 1 aliphatic rings. The van der Waals surface area contributed by atoms with E-state index in [1.807, 2.05) is 0 Å². The maximum absolute atomic E-state index is 11.3. The van der Waals surface area contributed by atoms with E-state index in [1.165, 1.54) is 12.5 Å². The van der Waals surface area contributed by atoms with Crippen LogP contribution in [-0.2, 0) is 15.6 Å². The average molecular weight is 180 g/mol. The van der Waals surface area contributed by atoms with Crippen molar-refractivity contribution in [1.82, 2.24) is 9.97 Å². The van der Waals surface area contributed by atoms with Crippen molar-refractivity contribution in [1.29, 1.82) is 0 Å². The predicted octanol–water partition coefficient (Wildman–Crippen LogP) is 0.138. The van der Waals surface area contributed by atoms with Gasteiger partial charge in [-0.25, -0.2) is 14.2 Å². The summed E-state index contributed by atoms with van der Waals surface area (Å²) in [6.45, 7) is 0. The highest BCUT2D eigenvalue weighted by molar-refractivity contribution is 7.90.